The Labute approximate surface area is 75.5 Å². The van der Waals surface area contributed by atoms with E-state index in [0.717, 1.165) is 18.9 Å². The Bertz CT molecular complexity index is 161. The third-order valence-corrected chi connectivity index (χ3v) is 2.38. The van der Waals surface area contributed by atoms with Gasteiger partial charge in [-0.3, -0.25) is 5.41 Å². The average molecular weight is 168 g/mol. The maximum Gasteiger partial charge on any atom is 0.101 e. The van der Waals surface area contributed by atoms with Crippen LogP contribution in [-0.4, -0.2) is 23.8 Å². The number of nitrogens with zero attached hydrogens (tertiary/aromatic N) is 1. The summed E-state index contributed by atoms with van der Waals surface area (Å²) in [6, 6.07) is 0. The number of hydrogen-bond acceptors (Lipinski definition) is 1. The first-order valence-corrected chi connectivity index (χ1v) is 4.86. The highest BCUT2D eigenvalue weighted by Crippen LogP contribution is 2.20. The second-order valence-electron chi connectivity index (χ2n) is 4.65. The number of rotatable bonds is 0. The van der Waals surface area contributed by atoms with Crippen molar-refractivity contribution >= 4 is 5.84 Å². The van der Waals surface area contributed by atoms with E-state index in [2.05, 4.69) is 25.7 Å². The van der Waals surface area contributed by atoms with E-state index in [4.69, 9.17) is 5.41 Å². The van der Waals surface area contributed by atoms with Crippen molar-refractivity contribution in [2.45, 2.75) is 40.0 Å². The lowest BCUT2D eigenvalue weighted by Gasteiger charge is -2.35. The molecule has 0 aromatic heterocycles. The molecule has 1 aliphatic heterocycles. The smallest absolute Gasteiger partial charge is 0.101 e. The zero-order valence-corrected chi connectivity index (χ0v) is 8.48. The summed E-state index contributed by atoms with van der Waals surface area (Å²) in [5, 5.41) is 7.96. The second-order valence-corrected chi connectivity index (χ2v) is 4.65. The molecule has 1 aliphatic rings. The molecule has 0 radical (unpaired) electrons. The van der Waals surface area contributed by atoms with Crippen LogP contribution in [0.25, 0.3) is 0 Å². The molecule has 2 nitrogen and oxygen atoms in total. The van der Waals surface area contributed by atoms with Crippen LogP contribution >= 0.6 is 0 Å². The summed E-state index contributed by atoms with van der Waals surface area (Å²) >= 11 is 0. The van der Waals surface area contributed by atoms with Gasteiger partial charge in [0.1, 0.15) is 5.84 Å². The van der Waals surface area contributed by atoms with E-state index >= 15 is 0 Å². The van der Waals surface area contributed by atoms with Gasteiger partial charge in [0.15, 0.2) is 0 Å². The lowest BCUT2D eigenvalue weighted by Crippen LogP contribution is -2.41. The fourth-order valence-electron chi connectivity index (χ4n) is 1.59. The minimum absolute atomic E-state index is 0.0251. The van der Waals surface area contributed by atoms with Crippen molar-refractivity contribution in [3.63, 3.8) is 0 Å². The van der Waals surface area contributed by atoms with E-state index in [1.807, 2.05) is 0 Å². The predicted octanol–water partition coefficient (Wildman–Crippen LogP) is 2.50. The number of likely N-dealkylation sites (tertiary alicyclic amines) is 1. The number of nitrogens with one attached hydrogen (secondary N) is 1. The summed E-state index contributed by atoms with van der Waals surface area (Å²) in [4.78, 5) is 2.23. The Balaban J connectivity index is 2.51. The van der Waals surface area contributed by atoms with E-state index in [0.29, 0.717) is 0 Å². The predicted molar refractivity (Wildman–Crippen MR) is 52.6 cm³/mol. The lowest BCUT2D eigenvalue weighted by atomic mass is 9.93. The molecule has 12 heavy (non-hydrogen) atoms. The molecular weight excluding hydrogens is 148 g/mol. The van der Waals surface area contributed by atoms with Crippen LogP contribution in [0.15, 0.2) is 0 Å². The molecular formula is C10H20N2. The summed E-state index contributed by atoms with van der Waals surface area (Å²) in [7, 11) is 0. The number of hydrogen-bond donors (Lipinski definition) is 1. The molecule has 2 heteroatoms. The van der Waals surface area contributed by atoms with Gasteiger partial charge in [-0.15, -0.1) is 0 Å². The molecule has 0 saturated carbocycles. The minimum Gasteiger partial charge on any atom is -0.360 e. The van der Waals surface area contributed by atoms with Gasteiger partial charge in [0.2, 0.25) is 0 Å². The molecule has 0 aromatic rings. The first-order chi connectivity index (χ1) is 5.52. The largest absolute Gasteiger partial charge is 0.360 e. The normalized spacial score (nSPS) is 19.4. The Morgan fingerprint density at radius 2 is 1.58 bits per heavy atom. The quantitative estimate of drug-likeness (QED) is 0.436. The third kappa shape index (κ3) is 2.23. The van der Waals surface area contributed by atoms with Crippen LogP contribution < -0.4 is 0 Å². The summed E-state index contributed by atoms with van der Waals surface area (Å²) in [6.45, 7) is 8.53. The van der Waals surface area contributed by atoms with Gasteiger partial charge >= 0.3 is 0 Å². The number of piperidine rings is 1. The maximum absolute atomic E-state index is 7.96. The highest BCUT2D eigenvalue weighted by molar-refractivity contribution is 5.84. The maximum atomic E-state index is 7.96. The van der Waals surface area contributed by atoms with Gasteiger partial charge in [0.25, 0.3) is 0 Å². The fraction of sp³-hybridized carbons (Fsp3) is 0.900. The molecule has 1 fully saturated rings. The zero-order chi connectivity index (χ0) is 9.19. The Morgan fingerprint density at radius 1 is 1.08 bits per heavy atom. The van der Waals surface area contributed by atoms with Crippen molar-refractivity contribution < 1.29 is 0 Å². The molecule has 0 spiro atoms. The monoisotopic (exact) mass is 168 g/mol. The topological polar surface area (TPSA) is 27.1 Å². The van der Waals surface area contributed by atoms with Crippen molar-refractivity contribution in [3.05, 3.63) is 0 Å². The van der Waals surface area contributed by atoms with E-state index < -0.39 is 0 Å². The first-order valence-electron chi connectivity index (χ1n) is 4.86. The molecule has 0 aromatic carbocycles. The first kappa shape index (κ1) is 9.56. The van der Waals surface area contributed by atoms with Crippen LogP contribution in [-0.2, 0) is 0 Å². The molecule has 1 N–H and O–H groups in total. The van der Waals surface area contributed by atoms with Crippen LogP contribution in [0.2, 0.25) is 0 Å². The van der Waals surface area contributed by atoms with Crippen molar-refractivity contribution in [1.82, 2.24) is 4.90 Å². The van der Waals surface area contributed by atoms with Crippen LogP contribution in [0.4, 0.5) is 0 Å². The summed E-state index contributed by atoms with van der Waals surface area (Å²) < 4.78 is 0. The lowest BCUT2D eigenvalue weighted by molar-refractivity contribution is 0.310. The summed E-state index contributed by atoms with van der Waals surface area (Å²) in [5.41, 5.74) is 0.0251. The Kier molecular flexibility index (Phi) is 2.76. The van der Waals surface area contributed by atoms with E-state index in [-0.39, 0.29) is 5.41 Å². The molecule has 1 heterocycles. The molecule has 0 atom stereocenters. The zero-order valence-electron chi connectivity index (χ0n) is 8.48. The Morgan fingerprint density at radius 3 is 2.00 bits per heavy atom. The van der Waals surface area contributed by atoms with Gasteiger partial charge < -0.3 is 4.90 Å². The standard InChI is InChI=1S/C10H20N2/c1-10(2,3)9(11)12-7-5-4-6-8-12/h11H,4-8H2,1-3H3. The van der Waals surface area contributed by atoms with Crippen LogP contribution in [0.3, 0.4) is 0 Å². The summed E-state index contributed by atoms with van der Waals surface area (Å²) in [6.07, 6.45) is 3.87. The summed E-state index contributed by atoms with van der Waals surface area (Å²) in [5.74, 6) is 0.808. The molecule has 0 amide bonds. The van der Waals surface area contributed by atoms with Gasteiger partial charge in [0, 0.05) is 18.5 Å². The van der Waals surface area contributed by atoms with Crippen molar-refractivity contribution in [1.29, 1.82) is 5.41 Å². The van der Waals surface area contributed by atoms with Crippen LogP contribution in [0.1, 0.15) is 40.0 Å². The van der Waals surface area contributed by atoms with Gasteiger partial charge in [0.05, 0.1) is 0 Å². The molecule has 0 unspecified atom stereocenters. The van der Waals surface area contributed by atoms with Gasteiger partial charge in [-0.2, -0.15) is 0 Å². The van der Waals surface area contributed by atoms with Gasteiger partial charge in [-0.25, -0.2) is 0 Å². The van der Waals surface area contributed by atoms with Gasteiger partial charge in [-0.1, -0.05) is 20.8 Å². The van der Waals surface area contributed by atoms with E-state index in [1.165, 1.54) is 19.3 Å². The van der Waals surface area contributed by atoms with Gasteiger partial charge in [-0.05, 0) is 19.3 Å². The average Bonchev–Trinajstić information content (AvgIpc) is 2.03. The van der Waals surface area contributed by atoms with E-state index in [1.54, 1.807) is 0 Å². The third-order valence-electron chi connectivity index (χ3n) is 2.38. The van der Waals surface area contributed by atoms with Crippen molar-refractivity contribution in [2.24, 2.45) is 5.41 Å². The molecule has 0 aliphatic carbocycles. The molecule has 0 bridgehead atoms. The Hall–Kier alpha value is -0.530. The molecule has 70 valence electrons. The molecule has 1 rings (SSSR count). The van der Waals surface area contributed by atoms with Crippen molar-refractivity contribution in [2.75, 3.05) is 13.1 Å². The fourth-order valence-corrected chi connectivity index (χ4v) is 1.59. The minimum atomic E-state index is 0.0251. The second kappa shape index (κ2) is 3.46. The van der Waals surface area contributed by atoms with E-state index in [9.17, 15) is 0 Å². The highest BCUT2D eigenvalue weighted by Gasteiger charge is 2.23. The van der Waals surface area contributed by atoms with Crippen molar-refractivity contribution in [3.8, 4) is 0 Å². The van der Waals surface area contributed by atoms with Crippen LogP contribution in [0, 0.1) is 10.8 Å². The SMILES string of the molecule is CC(C)(C)C(=N)N1CCCCC1. The molecule has 1 saturated heterocycles. The highest BCUT2D eigenvalue weighted by atomic mass is 15.2. The number of amidine groups is 1. The van der Waals surface area contributed by atoms with Crippen LogP contribution in [0.5, 0.6) is 0 Å².